The molecule has 20 heavy (non-hydrogen) atoms. The van der Waals surface area contributed by atoms with Crippen molar-refractivity contribution >= 4 is 29.9 Å². The summed E-state index contributed by atoms with van der Waals surface area (Å²) in [6, 6.07) is 0. The topological polar surface area (TPSA) is 42.9 Å². The van der Waals surface area contributed by atoms with Crippen molar-refractivity contribution in [1.29, 1.82) is 0 Å². The first-order chi connectivity index (χ1) is 9.26. The van der Waals surface area contributed by atoms with Crippen molar-refractivity contribution in [2.24, 2.45) is 4.99 Å². The fraction of sp³-hybridized carbons (Fsp3) is 0.929. The lowest BCUT2D eigenvalue weighted by Gasteiger charge is -2.19. The average molecular weight is 397 g/mol. The third-order valence-corrected chi connectivity index (χ3v) is 3.40. The number of hydrogen-bond acceptors (Lipinski definition) is 3. The summed E-state index contributed by atoms with van der Waals surface area (Å²) in [5.41, 5.74) is 0. The van der Waals surface area contributed by atoms with Crippen molar-refractivity contribution in [1.82, 2.24) is 20.4 Å². The molecule has 0 aromatic heterocycles. The number of nitrogens with one attached hydrogen (secondary N) is 2. The Kier molecular flexibility index (Phi) is 12.6. The summed E-state index contributed by atoms with van der Waals surface area (Å²) >= 11 is 0. The molecule has 0 aromatic rings. The number of nitrogens with zero attached hydrogens (tertiary/aromatic N) is 3. The molecule has 1 aliphatic rings. The maximum Gasteiger partial charge on any atom is 0.191 e. The van der Waals surface area contributed by atoms with E-state index in [-0.39, 0.29) is 24.0 Å². The predicted molar refractivity (Wildman–Crippen MR) is 98.2 cm³/mol. The SMILES string of the molecule is CCNC(=NCCCN1CCCN(C)CC1)NCC.I. The van der Waals surface area contributed by atoms with Crippen LogP contribution in [-0.4, -0.2) is 75.2 Å². The Morgan fingerprint density at radius 2 is 1.75 bits per heavy atom. The van der Waals surface area contributed by atoms with Gasteiger partial charge in [0.25, 0.3) is 0 Å². The van der Waals surface area contributed by atoms with E-state index < -0.39 is 0 Å². The highest BCUT2D eigenvalue weighted by Crippen LogP contribution is 2.01. The van der Waals surface area contributed by atoms with Crippen LogP contribution in [0.1, 0.15) is 26.7 Å². The normalized spacial score (nSPS) is 16.9. The summed E-state index contributed by atoms with van der Waals surface area (Å²) in [6.07, 6.45) is 2.43. The van der Waals surface area contributed by atoms with E-state index in [1.165, 1.54) is 39.1 Å². The molecule has 0 spiro atoms. The van der Waals surface area contributed by atoms with E-state index >= 15 is 0 Å². The smallest absolute Gasteiger partial charge is 0.191 e. The van der Waals surface area contributed by atoms with Gasteiger partial charge in [-0.2, -0.15) is 0 Å². The molecule has 6 heteroatoms. The third kappa shape index (κ3) is 8.97. The minimum atomic E-state index is 0. The highest BCUT2D eigenvalue weighted by Gasteiger charge is 2.10. The first-order valence-electron chi connectivity index (χ1n) is 7.69. The van der Waals surface area contributed by atoms with E-state index in [4.69, 9.17) is 0 Å². The molecule has 1 heterocycles. The Bertz CT molecular complexity index is 252. The molecule has 0 amide bonds. The van der Waals surface area contributed by atoms with Gasteiger partial charge in [0.15, 0.2) is 5.96 Å². The van der Waals surface area contributed by atoms with Crippen LogP contribution in [0, 0.1) is 0 Å². The molecule has 1 aliphatic heterocycles. The van der Waals surface area contributed by atoms with Crippen LogP contribution in [0.15, 0.2) is 4.99 Å². The van der Waals surface area contributed by atoms with Crippen LogP contribution in [0.4, 0.5) is 0 Å². The predicted octanol–water partition coefficient (Wildman–Crippen LogP) is 1.21. The van der Waals surface area contributed by atoms with Crippen molar-refractivity contribution in [3.8, 4) is 0 Å². The van der Waals surface area contributed by atoms with Gasteiger partial charge in [-0.3, -0.25) is 4.99 Å². The number of likely N-dealkylation sites (N-methyl/N-ethyl adjacent to an activating group) is 1. The lowest BCUT2D eigenvalue weighted by molar-refractivity contribution is 0.275. The van der Waals surface area contributed by atoms with Crippen molar-refractivity contribution < 1.29 is 0 Å². The van der Waals surface area contributed by atoms with Gasteiger partial charge in [0.1, 0.15) is 0 Å². The first kappa shape index (κ1) is 19.9. The largest absolute Gasteiger partial charge is 0.357 e. The Morgan fingerprint density at radius 1 is 1.05 bits per heavy atom. The lowest BCUT2D eigenvalue weighted by atomic mass is 10.3. The van der Waals surface area contributed by atoms with E-state index in [1.807, 2.05) is 0 Å². The molecule has 120 valence electrons. The van der Waals surface area contributed by atoms with Gasteiger partial charge >= 0.3 is 0 Å². The Labute approximate surface area is 141 Å². The second kappa shape index (κ2) is 12.6. The fourth-order valence-corrected chi connectivity index (χ4v) is 2.32. The number of rotatable bonds is 6. The average Bonchev–Trinajstić information content (AvgIpc) is 2.60. The Morgan fingerprint density at radius 3 is 2.40 bits per heavy atom. The highest BCUT2D eigenvalue weighted by atomic mass is 127. The zero-order valence-corrected chi connectivity index (χ0v) is 15.7. The Hall–Kier alpha value is -0.0800. The fourth-order valence-electron chi connectivity index (χ4n) is 2.32. The molecule has 1 rings (SSSR count). The van der Waals surface area contributed by atoms with Gasteiger partial charge in [0.05, 0.1) is 0 Å². The maximum absolute atomic E-state index is 4.58. The molecule has 1 fully saturated rings. The molecule has 0 radical (unpaired) electrons. The van der Waals surface area contributed by atoms with E-state index in [9.17, 15) is 0 Å². The van der Waals surface area contributed by atoms with Gasteiger partial charge in [-0.25, -0.2) is 0 Å². The number of aliphatic imine (C=N–C) groups is 1. The second-order valence-electron chi connectivity index (χ2n) is 5.14. The van der Waals surface area contributed by atoms with Crippen molar-refractivity contribution in [2.75, 3.05) is 59.4 Å². The maximum atomic E-state index is 4.58. The van der Waals surface area contributed by atoms with Crippen LogP contribution < -0.4 is 10.6 Å². The summed E-state index contributed by atoms with van der Waals surface area (Å²) in [6.45, 7) is 13.0. The van der Waals surface area contributed by atoms with Crippen molar-refractivity contribution in [3.05, 3.63) is 0 Å². The minimum absolute atomic E-state index is 0. The molecular weight excluding hydrogens is 365 g/mol. The number of guanidine groups is 1. The van der Waals surface area contributed by atoms with Gasteiger partial charge in [-0.05, 0) is 53.4 Å². The quantitative estimate of drug-likeness (QED) is 0.306. The molecule has 0 aromatic carbocycles. The van der Waals surface area contributed by atoms with Crippen LogP contribution in [0.2, 0.25) is 0 Å². The number of halogens is 1. The van der Waals surface area contributed by atoms with Gasteiger partial charge in [0, 0.05) is 32.7 Å². The van der Waals surface area contributed by atoms with Gasteiger partial charge in [-0.15, -0.1) is 24.0 Å². The molecular formula is C14H32IN5. The molecule has 0 atom stereocenters. The molecule has 0 bridgehead atoms. The van der Waals surface area contributed by atoms with Gasteiger partial charge in [-0.1, -0.05) is 0 Å². The van der Waals surface area contributed by atoms with E-state index in [2.05, 4.69) is 46.3 Å². The van der Waals surface area contributed by atoms with Crippen LogP contribution in [0.25, 0.3) is 0 Å². The summed E-state index contributed by atoms with van der Waals surface area (Å²) in [4.78, 5) is 9.58. The molecule has 0 aliphatic carbocycles. The van der Waals surface area contributed by atoms with Crippen molar-refractivity contribution in [3.63, 3.8) is 0 Å². The Balaban J connectivity index is 0.00000361. The molecule has 5 nitrogen and oxygen atoms in total. The molecule has 1 saturated heterocycles. The van der Waals surface area contributed by atoms with Crippen LogP contribution in [0.3, 0.4) is 0 Å². The zero-order valence-electron chi connectivity index (χ0n) is 13.3. The van der Waals surface area contributed by atoms with Crippen LogP contribution in [0.5, 0.6) is 0 Å². The van der Waals surface area contributed by atoms with Crippen LogP contribution >= 0.6 is 24.0 Å². The highest BCUT2D eigenvalue weighted by molar-refractivity contribution is 14.0. The second-order valence-corrected chi connectivity index (χ2v) is 5.14. The van der Waals surface area contributed by atoms with Gasteiger partial charge in [0.2, 0.25) is 0 Å². The van der Waals surface area contributed by atoms with Crippen LogP contribution in [-0.2, 0) is 0 Å². The summed E-state index contributed by atoms with van der Waals surface area (Å²) in [5.74, 6) is 0.945. The first-order valence-corrected chi connectivity index (χ1v) is 7.69. The zero-order chi connectivity index (χ0) is 13.9. The third-order valence-electron chi connectivity index (χ3n) is 3.40. The van der Waals surface area contributed by atoms with E-state index in [1.54, 1.807) is 0 Å². The van der Waals surface area contributed by atoms with E-state index in [0.29, 0.717) is 0 Å². The molecule has 0 saturated carbocycles. The minimum Gasteiger partial charge on any atom is -0.357 e. The summed E-state index contributed by atoms with van der Waals surface area (Å²) < 4.78 is 0. The van der Waals surface area contributed by atoms with Crippen molar-refractivity contribution in [2.45, 2.75) is 26.7 Å². The summed E-state index contributed by atoms with van der Waals surface area (Å²) in [5, 5.41) is 6.51. The van der Waals surface area contributed by atoms with Gasteiger partial charge < -0.3 is 20.4 Å². The molecule has 2 N–H and O–H groups in total. The van der Waals surface area contributed by atoms with E-state index in [0.717, 1.165) is 32.0 Å². The standard InChI is InChI=1S/C14H31N5.HI/c1-4-15-14(16-5-2)17-8-6-10-19-11-7-9-18(3)12-13-19;/h4-13H2,1-3H3,(H2,15,16,17);1H. The molecule has 0 unspecified atom stereocenters. The number of hydrogen-bond donors (Lipinski definition) is 2. The summed E-state index contributed by atoms with van der Waals surface area (Å²) in [7, 11) is 2.22. The lowest BCUT2D eigenvalue weighted by Crippen LogP contribution is -2.37. The monoisotopic (exact) mass is 397 g/mol.